The van der Waals surface area contributed by atoms with Gasteiger partial charge in [0, 0.05) is 6.16 Å². The normalized spacial score (nSPS) is 11.0. The van der Waals surface area contributed by atoms with Gasteiger partial charge in [-0.1, -0.05) is 78.4 Å². The Morgan fingerprint density at radius 1 is 0.652 bits per heavy atom. The van der Waals surface area contributed by atoms with Crippen LogP contribution in [0.2, 0.25) is 0 Å². The van der Waals surface area contributed by atoms with Gasteiger partial charge in [0.05, 0.1) is 0 Å². The molecule has 0 spiro atoms. The van der Waals surface area contributed by atoms with Gasteiger partial charge in [-0.25, -0.2) is 0 Å². The van der Waals surface area contributed by atoms with Crippen LogP contribution >= 0.6 is 7.92 Å². The molecule has 0 heterocycles. The fourth-order valence-corrected chi connectivity index (χ4v) is 5.71. The van der Waals surface area contributed by atoms with Crippen molar-refractivity contribution >= 4 is 18.5 Å². The third-order valence-corrected chi connectivity index (χ3v) is 6.77. The van der Waals surface area contributed by atoms with E-state index in [0.29, 0.717) is 0 Å². The summed E-state index contributed by atoms with van der Waals surface area (Å²) in [5.41, 5.74) is 5.70. The van der Waals surface area contributed by atoms with E-state index in [1.165, 1.54) is 32.9 Å². The molecule has 0 aliphatic carbocycles. The molecule has 3 aromatic rings. The van der Waals surface area contributed by atoms with Crippen LogP contribution in [0.15, 0.2) is 72.8 Å². The molecule has 0 radical (unpaired) electrons. The van der Waals surface area contributed by atoms with Crippen molar-refractivity contribution in [3.8, 4) is 0 Å². The van der Waals surface area contributed by atoms with Crippen LogP contribution < -0.4 is 10.6 Å². The molecule has 23 heavy (non-hydrogen) atoms. The number of hydrogen-bond acceptors (Lipinski definition) is 0. The first-order valence-electron chi connectivity index (χ1n) is 8.09. The Labute approximate surface area is 141 Å². The lowest BCUT2D eigenvalue weighted by molar-refractivity contribution is 1.21. The highest BCUT2D eigenvalue weighted by Gasteiger charge is 2.16. The minimum Gasteiger partial charge on any atom is -0.0622 e. The van der Waals surface area contributed by atoms with Crippen LogP contribution in [-0.2, 0) is 6.16 Å². The Bertz CT molecular complexity index is 713. The molecular weight excluding hydrogens is 295 g/mol. The van der Waals surface area contributed by atoms with Gasteiger partial charge in [-0.3, -0.25) is 0 Å². The van der Waals surface area contributed by atoms with Crippen molar-refractivity contribution in [2.75, 3.05) is 0 Å². The fourth-order valence-electron chi connectivity index (χ4n) is 3.16. The Kier molecular flexibility index (Phi) is 4.94. The van der Waals surface area contributed by atoms with Gasteiger partial charge in [-0.15, -0.1) is 0 Å². The summed E-state index contributed by atoms with van der Waals surface area (Å²) in [5.74, 6) is 0. The quantitative estimate of drug-likeness (QED) is 0.577. The number of aryl methyl sites for hydroxylation is 3. The number of benzene rings is 3. The smallest absolute Gasteiger partial charge is 0.00127 e. The SMILES string of the molecule is Cc1cc(C)c(CP(c2ccccc2)c2ccccc2)c(C)c1. The predicted octanol–water partition coefficient (Wildman–Crippen LogP) is 5.24. The molecule has 0 unspecified atom stereocenters. The zero-order valence-corrected chi connectivity index (χ0v) is 15.0. The first-order chi connectivity index (χ1) is 11.1. The van der Waals surface area contributed by atoms with Crippen molar-refractivity contribution in [2.45, 2.75) is 26.9 Å². The topological polar surface area (TPSA) is 0 Å². The third kappa shape index (κ3) is 3.71. The molecule has 0 fully saturated rings. The molecule has 0 aliphatic heterocycles. The van der Waals surface area contributed by atoms with E-state index in [-0.39, 0.29) is 7.92 Å². The predicted molar refractivity (Wildman–Crippen MR) is 103 cm³/mol. The molecule has 3 aromatic carbocycles. The Morgan fingerprint density at radius 2 is 1.09 bits per heavy atom. The molecule has 0 aromatic heterocycles. The second-order valence-electron chi connectivity index (χ2n) is 6.13. The van der Waals surface area contributed by atoms with E-state index in [9.17, 15) is 0 Å². The van der Waals surface area contributed by atoms with Crippen molar-refractivity contribution in [1.29, 1.82) is 0 Å². The molecule has 0 bridgehead atoms. The molecule has 1 heteroatoms. The monoisotopic (exact) mass is 318 g/mol. The Balaban J connectivity index is 2.04. The first-order valence-corrected chi connectivity index (χ1v) is 9.62. The number of hydrogen-bond donors (Lipinski definition) is 0. The zero-order chi connectivity index (χ0) is 16.2. The molecule has 116 valence electrons. The lowest BCUT2D eigenvalue weighted by Crippen LogP contribution is -2.13. The van der Waals surface area contributed by atoms with Crippen LogP contribution in [0.3, 0.4) is 0 Å². The van der Waals surface area contributed by atoms with Crippen LogP contribution in [0.25, 0.3) is 0 Å². The molecule has 0 amide bonds. The van der Waals surface area contributed by atoms with E-state index in [0.717, 1.165) is 6.16 Å². The Hall–Kier alpha value is -1.91. The highest BCUT2D eigenvalue weighted by atomic mass is 31.1. The highest BCUT2D eigenvalue weighted by molar-refractivity contribution is 7.72. The van der Waals surface area contributed by atoms with Crippen molar-refractivity contribution < 1.29 is 0 Å². The van der Waals surface area contributed by atoms with Crippen LogP contribution in [0.4, 0.5) is 0 Å². The van der Waals surface area contributed by atoms with Crippen molar-refractivity contribution in [3.05, 3.63) is 95.1 Å². The minimum absolute atomic E-state index is 0.369. The van der Waals surface area contributed by atoms with Crippen molar-refractivity contribution in [3.63, 3.8) is 0 Å². The summed E-state index contributed by atoms with van der Waals surface area (Å²) in [6.45, 7) is 6.68. The maximum Gasteiger partial charge on any atom is 0.00127 e. The molecule has 0 atom stereocenters. The van der Waals surface area contributed by atoms with Crippen LogP contribution in [-0.4, -0.2) is 0 Å². The third-order valence-electron chi connectivity index (χ3n) is 4.29. The van der Waals surface area contributed by atoms with E-state index >= 15 is 0 Å². The van der Waals surface area contributed by atoms with Gasteiger partial charge >= 0.3 is 0 Å². The van der Waals surface area contributed by atoms with Crippen LogP contribution in [0.1, 0.15) is 22.3 Å². The lowest BCUT2D eigenvalue weighted by Gasteiger charge is -2.21. The average Bonchev–Trinajstić information content (AvgIpc) is 2.56. The van der Waals surface area contributed by atoms with Crippen molar-refractivity contribution in [2.24, 2.45) is 0 Å². The van der Waals surface area contributed by atoms with E-state index in [4.69, 9.17) is 0 Å². The summed E-state index contributed by atoms with van der Waals surface area (Å²) in [5, 5.41) is 2.90. The molecule has 3 rings (SSSR count). The molecule has 0 aliphatic rings. The van der Waals surface area contributed by atoms with Gasteiger partial charge in [-0.2, -0.15) is 0 Å². The van der Waals surface area contributed by atoms with Gasteiger partial charge in [0.2, 0.25) is 0 Å². The second-order valence-corrected chi connectivity index (χ2v) is 8.34. The summed E-state index contributed by atoms with van der Waals surface area (Å²) in [4.78, 5) is 0. The van der Waals surface area contributed by atoms with E-state index in [1.54, 1.807) is 0 Å². The molecule has 0 saturated heterocycles. The summed E-state index contributed by atoms with van der Waals surface area (Å²) >= 11 is 0. The first kappa shape index (κ1) is 16.0. The fraction of sp³-hybridized carbons (Fsp3) is 0.182. The van der Waals surface area contributed by atoms with Gasteiger partial charge in [0.15, 0.2) is 0 Å². The van der Waals surface area contributed by atoms with E-state index < -0.39 is 0 Å². The average molecular weight is 318 g/mol. The molecule has 0 nitrogen and oxygen atoms in total. The Morgan fingerprint density at radius 3 is 1.52 bits per heavy atom. The lowest BCUT2D eigenvalue weighted by atomic mass is 10.0. The van der Waals surface area contributed by atoms with E-state index in [1.807, 2.05) is 0 Å². The largest absolute Gasteiger partial charge is 0.0622 e. The van der Waals surface area contributed by atoms with Crippen LogP contribution in [0.5, 0.6) is 0 Å². The zero-order valence-electron chi connectivity index (χ0n) is 14.1. The van der Waals surface area contributed by atoms with Crippen molar-refractivity contribution in [1.82, 2.24) is 0 Å². The van der Waals surface area contributed by atoms with Gasteiger partial charge in [-0.05, 0) is 56.0 Å². The standard InChI is InChI=1S/C22H23P/c1-17-14-18(2)22(19(3)15-17)16-23(20-10-6-4-7-11-20)21-12-8-5-9-13-21/h4-15H,16H2,1-3H3. The molecule has 0 N–H and O–H groups in total. The summed E-state index contributed by atoms with van der Waals surface area (Å²) in [6, 6.07) is 26.5. The van der Waals surface area contributed by atoms with Gasteiger partial charge in [0.1, 0.15) is 0 Å². The summed E-state index contributed by atoms with van der Waals surface area (Å²) in [6.07, 6.45) is 1.11. The van der Waals surface area contributed by atoms with E-state index in [2.05, 4.69) is 93.6 Å². The maximum absolute atomic E-state index is 2.31. The highest BCUT2D eigenvalue weighted by Crippen LogP contribution is 2.39. The molecule has 0 saturated carbocycles. The molecular formula is C22H23P. The van der Waals surface area contributed by atoms with Gasteiger partial charge in [0.25, 0.3) is 0 Å². The maximum atomic E-state index is 2.31. The minimum atomic E-state index is -0.369. The summed E-state index contributed by atoms with van der Waals surface area (Å²) < 4.78 is 0. The summed E-state index contributed by atoms with van der Waals surface area (Å²) in [7, 11) is -0.369. The van der Waals surface area contributed by atoms with Gasteiger partial charge < -0.3 is 0 Å². The van der Waals surface area contributed by atoms with Crippen LogP contribution in [0, 0.1) is 20.8 Å². The second kappa shape index (κ2) is 7.11. The number of rotatable bonds is 4.